The van der Waals surface area contributed by atoms with Gasteiger partial charge in [-0.3, -0.25) is 4.79 Å². The van der Waals surface area contributed by atoms with E-state index in [9.17, 15) is 22.4 Å². The molecule has 4 nitrogen and oxygen atoms in total. The van der Waals surface area contributed by atoms with Crippen LogP contribution >= 0.6 is 0 Å². The molecule has 0 radical (unpaired) electrons. The quantitative estimate of drug-likeness (QED) is 0.371. The van der Waals surface area contributed by atoms with Gasteiger partial charge in [-0.25, -0.2) is 4.39 Å². The highest BCUT2D eigenvalue weighted by atomic mass is 19.4. The van der Waals surface area contributed by atoms with Gasteiger partial charge in [0.25, 0.3) is 0 Å². The maximum absolute atomic E-state index is 13.4. The van der Waals surface area contributed by atoms with Crippen LogP contribution in [0.25, 0.3) is 21.8 Å². The fraction of sp³-hybridized carbons (Fsp3) is 0.0500. The number of halogens is 4. The molecule has 28 heavy (non-hydrogen) atoms. The molecule has 3 aromatic carbocycles. The first-order chi connectivity index (χ1) is 13.3. The summed E-state index contributed by atoms with van der Waals surface area (Å²) in [6.07, 6.45) is -4.77. The van der Waals surface area contributed by atoms with Crippen molar-refractivity contribution in [3.63, 3.8) is 0 Å². The van der Waals surface area contributed by atoms with Crippen LogP contribution in [0.1, 0.15) is 0 Å². The molecule has 1 heterocycles. The van der Waals surface area contributed by atoms with Crippen molar-refractivity contribution in [1.29, 1.82) is 0 Å². The van der Waals surface area contributed by atoms with Gasteiger partial charge in [-0.2, -0.15) is 0 Å². The van der Waals surface area contributed by atoms with Gasteiger partial charge in [-0.15, -0.1) is 13.2 Å². The van der Waals surface area contributed by atoms with E-state index in [1.54, 1.807) is 18.2 Å². The third-order valence-electron chi connectivity index (χ3n) is 4.02. The smallest absolute Gasteiger partial charge is 0.457 e. The van der Waals surface area contributed by atoms with Crippen LogP contribution in [0.15, 0.2) is 65.5 Å². The Balaban J connectivity index is 1.66. The standard InChI is InChI=1S/C20H11F4NO3/c21-11-1-7-15-17(9-11)25-18-10-14(6-8-16(18)19(15)26)27-12-2-4-13(5-3-12)28-20(22,23)24/h1-10H,(H,25,26). The maximum atomic E-state index is 13.4. The molecule has 0 spiro atoms. The van der Waals surface area contributed by atoms with Crippen LogP contribution < -0.4 is 14.9 Å². The summed E-state index contributed by atoms with van der Waals surface area (Å²) in [6, 6.07) is 13.4. The third-order valence-corrected chi connectivity index (χ3v) is 4.02. The van der Waals surface area contributed by atoms with Crippen LogP contribution in [0.5, 0.6) is 17.2 Å². The fourth-order valence-electron chi connectivity index (χ4n) is 2.84. The number of ether oxygens (including phenoxy) is 2. The molecular formula is C20H11F4NO3. The van der Waals surface area contributed by atoms with Gasteiger partial charge in [0.1, 0.15) is 23.1 Å². The Morgan fingerprint density at radius 1 is 0.750 bits per heavy atom. The Hall–Kier alpha value is -3.55. The number of hydrogen-bond donors (Lipinski definition) is 1. The van der Waals surface area contributed by atoms with Crippen molar-refractivity contribution in [3.05, 3.63) is 76.7 Å². The molecule has 8 heteroatoms. The number of alkyl halides is 3. The zero-order chi connectivity index (χ0) is 19.9. The lowest BCUT2D eigenvalue weighted by Gasteiger charge is -2.10. The highest BCUT2D eigenvalue weighted by molar-refractivity contribution is 5.92. The first kappa shape index (κ1) is 17.8. The number of rotatable bonds is 3. The molecule has 0 aliphatic heterocycles. The summed E-state index contributed by atoms with van der Waals surface area (Å²) in [5.41, 5.74) is 0.546. The van der Waals surface area contributed by atoms with E-state index in [0.717, 1.165) is 12.1 Å². The summed E-state index contributed by atoms with van der Waals surface area (Å²) in [7, 11) is 0. The first-order valence-electron chi connectivity index (χ1n) is 8.07. The van der Waals surface area contributed by atoms with Gasteiger partial charge in [0, 0.05) is 16.8 Å². The second-order valence-corrected chi connectivity index (χ2v) is 5.97. The van der Waals surface area contributed by atoms with Crippen LogP contribution in [0.2, 0.25) is 0 Å². The summed E-state index contributed by atoms with van der Waals surface area (Å²) in [5.74, 6) is -0.210. The lowest BCUT2D eigenvalue weighted by Crippen LogP contribution is -2.16. The predicted octanol–water partition coefficient (Wildman–Crippen LogP) is 5.51. The predicted molar refractivity (Wildman–Crippen MR) is 95.2 cm³/mol. The number of aromatic amines is 1. The zero-order valence-electron chi connectivity index (χ0n) is 14.0. The molecule has 0 aliphatic carbocycles. The number of aromatic nitrogens is 1. The van der Waals surface area contributed by atoms with Gasteiger partial charge in [-0.1, -0.05) is 0 Å². The minimum Gasteiger partial charge on any atom is -0.457 e. The molecule has 0 amide bonds. The van der Waals surface area contributed by atoms with E-state index in [2.05, 4.69) is 9.72 Å². The Kier molecular flexibility index (Phi) is 4.18. The van der Waals surface area contributed by atoms with Crippen molar-refractivity contribution in [2.45, 2.75) is 6.36 Å². The Morgan fingerprint density at radius 3 is 2.00 bits per heavy atom. The van der Waals surface area contributed by atoms with Crippen LogP contribution in [-0.2, 0) is 0 Å². The van der Waals surface area contributed by atoms with E-state index >= 15 is 0 Å². The molecule has 1 aromatic heterocycles. The molecule has 4 aromatic rings. The Labute approximate surface area is 154 Å². The average Bonchev–Trinajstić information content (AvgIpc) is 2.62. The van der Waals surface area contributed by atoms with Gasteiger partial charge in [-0.05, 0) is 54.6 Å². The van der Waals surface area contributed by atoms with Crippen LogP contribution in [-0.4, -0.2) is 11.3 Å². The van der Waals surface area contributed by atoms with Crippen LogP contribution in [0.4, 0.5) is 17.6 Å². The second kappa shape index (κ2) is 6.56. The molecule has 0 fully saturated rings. The average molecular weight is 389 g/mol. The Bertz CT molecular complexity index is 1230. The van der Waals surface area contributed by atoms with Crippen molar-refractivity contribution in [3.8, 4) is 17.2 Å². The van der Waals surface area contributed by atoms with Gasteiger partial charge in [0.15, 0.2) is 5.43 Å². The van der Waals surface area contributed by atoms with Gasteiger partial charge in [0.05, 0.1) is 11.0 Å². The molecular weight excluding hydrogens is 378 g/mol. The second-order valence-electron chi connectivity index (χ2n) is 5.97. The number of fused-ring (bicyclic) bond motifs is 2. The molecule has 4 rings (SSSR count). The fourth-order valence-corrected chi connectivity index (χ4v) is 2.84. The summed E-state index contributed by atoms with van der Waals surface area (Å²) < 4.78 is 59.5. The van der Waals surface area contributed by atoms with Crippen molar-refractivity contribution >= 4 is 21.8 Å². The molecule has 0 unspecified atom stereocenters. The largest absolute Gasteiger partial charge is 0.573 e. The van der Waals surface area contributed by atoms with Crippen molar-refractivity contribution in [2.24, 2.45) is 0 Å². The van der Waals surface area contributed by atoms with Crippen molar-refractivity contribution < 1.29 is 27.0 Å². The van der Waals surface area contributed by atoms with Crippen molar-refractivity contribution in [1.82, 2.24) is 4.98 Å². The number of benzene rings is 3. The van der Waals surface area contributed by atoms with E-state index in [0.29, 0.717) is 27.6 Å². The molecule has 0 saturated carbocycles. The number of hydrogen-bond acceptors (Lipinski definition) is 3. The minimum atomic E-state index is -4.77. The third kappa shape index (κ3) is 3.62. The maximum Gasteiger partial charge on any atom is 0.573 e. The van der Waals surface area contributed by atoms with E-state index in [-0.39, 0.29) is 16.9 Å². The zero-order valence-corrected chi connectivity index (χ0v) is 14.0. The summed E-state index contributed by atoms with van der Waals surface area (Å²) in [4.78, 5) is 15.5. The molecule has 1 N–H and O–H groups in total. The van der Waals surface area contributed by atoms with E-state index in [1.807, 2.05) is 0 Å². The minimum absolute atomic E-state index is 0.246. The van der Waals surface area contributed by atoms with Crippen molar-refractivity contribution in [2.75, 3.05) is 0 Å². The van der Waals surface area contributed by atoms with E-state index in [4.69, 9.17) is 4.74 Å². The van der Waals surface area contributed by atoms with Gasteiger partial charge in [0.2, 0.25) is 0 Å². The molecule has 0 saturated heterocycles. The van der Waals surface area contributed by atoms with Crippen LogP contribution in [0.3, 0.4) is 0 Å². The lowest BCUT2D eigenvalue weighted by molar-refractivity contribution is -0.274. The highest BCUT2D eigenvalue weighted by Gasteiger charge is 2.30. The summed E-state index contributed by atoms with van der Waals surface area (Å²) in [5, 5.41) is 0.767. The summed E-state index contributed by atoms with van der Waals surface area (Å²) in [6.45, 7) is 0. The van der Waals surface area contributed by atoms with Crippen LogP contribution in [0, 0.1) is 5.82 Å². The highest BCUT2D eigenvalue weighted by Crippen LogP contribution is 2.28. The number of H-pyrrole nitrogens is 1. The number of nitrogens with one attached hydrogen (secondary N) is 1. The monoisotopic (exact) mass is 389 g/mol. The molecule has 0 aliphatic rings. The lowest BCUT2D eigenvalue weighted by atomic mass is 10.1. The van der Waals surface area contributed by atoms with Gasteiger partial charge < -0.3 is 14.5 Å². The van der Waals surface area contributed by atoms with E-state index in [1.165, 1.54) is 30.3 Å². The topological polar surface area (TPSA) is 51.3 Å². The van der Waals surface area contributed by atoms with E-state index < -0.39 is 12.2 Å². The normalized spacial score (nSPS) is 11.7. The molecule has 0 bridgehead atoms. The Morgan fingerprint density at radius 2 is 1.32 bits per heavy atom. The van der Waals surface area contributed by atoms with Gasteiger partial charge >= 0.3 is 6.36 Å². The molecule has 142 valence electrons. The molecule has 0 atom stereocenters. The number of pyridine rings is 1. The SMILES string of the molecule is O=c1c2ccc(F)cc2[nH]c2cc(Oc3ccc(OC(F)(F)F)cc3)ccc12. The first-order valence-corrected chi connectivity index (χ1v) is 8.07. The summed E-state index contributed by atoms with van der Waals surface area (Å²) >= 11 is 0.